The second-order valence-corrected chi connectivity index (χ2v) is 10.7. The lowest BCUT2D eigenvalue weighted by Gasteiger charge is -2.23. The fraction of sp³-hybridized carbons (Fsp3) is 0.786. The van der Waals surface area contributed by atoms with Crippen LogP contribution in [0.5, 0.6) is 0 Å². The van der Waals surface area contributed by atoms with Crippen molar-refractivity contribution in [2.24, 2.45) is 7.05 Å². The quantitative estimate of drug-likeness (QED) is 0.759. The highest BCUT2D eigenvalue weighted by Crippen LogP contribution is 2.24. The van der Waals surface area contributed by atoms with E-state index in [0.29, 0.717) is 30.9 Å². The van der Waals surface area contributed by atoms with Gasteiger partial charge in [0.15, 0.2) is 0 Å². The van der Waals surface area contributed by atoms with Crippen molar-refractivity contribution in [3.05, 3.63) is 11.4 Å². The first-order valence-electron chi connectivity index (χ1n) is 7.99. The highest BCUT2D eigenvalue weighted by Gasteiger charge is 2.34. The summed E-state index contributed by atoms with van der Waals surface area (Å²) in [6, 6.07) is 0. The molecule has 1 aliphatic heterocycles. The first kappa shape index (κ1) is 19.4. The van der Waals surface area contributed by atoms with E-state index in [1.807, 2.05) is 0 Å². The van der Waals surface area contributed by atoms with Gasteiger partial charge in [-0.15, -0.1) is 0 Å². The largest absolute Gasteiger partial charge is 0.271 e. The molecule has 8 nitrogen and oxygen atoms in total. The summed E-state index contributed by atoms with van der Waals surface area (Å²) in [5.41, 5.74) is 1.05. The molecule has 1 fully saturated rings. The van der Waals surface area contributed by atoms with Crippen molar-refractivity contribution in [3.8, 4) is 0 Å². The van der Waals surface area contributed by atoms with Crippen molar-refractivity contribution in [1.82, 2.24) is 18.4 Å². The Kier molecular flexibility index (Phi) is 5.43. The van der Waals surface area contributed by atoms with Crippen molar-refractivity contribution in [2.75, 3.05) is 26.2 Å². The molecule has 24 heavy (non-hydrogen) atoms. The van der Waals surface area contributed by atoms with Gasteiger partial charge in [0.25, 0.3) is 0 Å². The maximum atomic E-state index is 13.0. The van der Waals surface area contributed by atoms with Gasteiger partial charge in [-0.25, -0.2) is 21.1 Å². The molecule has 1 aliphatic rings. The molecule has 0 unspecified atom stereocenters. The molecule has 0 radical (unpaired) electrons. The molecule has 1 aromatic heterocycles. The van der Waals surface area contributed by atoms with Crippen LogP contribution in [0.4, 0.5) is 0 Å². The summed E-state index contributed by atoms with van der Waals surface area (Å²) in [5.74, 6) is 0. The summed E-state index contributed by atoms with van der Waals surface area (Å²) >= 11 is 0. The third-order valence-electron chi connectivity index (χ3n) is 4.41. The van der Waals surface area contributed by atoms with E-state index in [0.717, 1.165) is 0 Å². The monoisotopic (exact) mass is 378 g/mol. The van der Waals surface area contributed by atoms with E-state index in [2.05, 4.69) is 5.10 Å². The molecular weight excluding hydrogens is 352 g/mol. The second kappa shape index (κ2) is 6.74. The highest BCUT2D eigenvalue weighted by atomic mass is 32.2. The number of hydrogen-bond acceptors (Lipinski definition) is 5. The Labute approximate surface area is 144 Å². The van der Waals surface area contributed by atoms with Crippen LogP contribution in [-0.4, -0.2) is 66.7 Å². The van der Waals surface area contributed by atoms with Crippen LogP contribution in [0.1, 0.15) is 31.7 Å². The summed E-state index contributed by atoms with van der Waals surface area (Å²) < 4.78 is 54.9. The first-order valence-corrected chi connectivity index (χ1v) is 10.9. The van der Waals surface area contributed by atoms with Gasteiger partial charge in [-0.1, -0.05) is 0 Å². The van der Waals surface area contributed by atoms with Crippen LogP contribution in [0.15, 0.2) is 4.90 Å². The van der Waals surface area contributed by atoms with Gasteiger partial charge in [0.1, 0.15) is 4.90 Å². The third-order valence-corrected chi connectivity index (χ3v) is 8.84. The minimum Gasteiger partial charge on any atom is -0.271 e. The summed E-state index contributed by atoms with van der Waals surface area (Å²) in [6.07, 6.45) is 0.476. The van der Waals surface area contributed by atoms with Crippen LogP contribution in [0, 0.1) is 13.8 Å². The minimum atomic E-state index is -3.69. The Balaban J connectivity index is 2.28. The summed E-state index contributed by atoms with van der Waals surface area (Å²) in [6.45, 7) is 7.65. The van der Waals surface area contributed by atoms with Crippen LogP contribution < -0.4 is 0 Å². The maximum absolute atomic E-state index is 13.0. The van der Waals surface area contributed by atoms with Crippen LogP contribution in [-0.2, 0) is 27.1 Å². The van der Waals surface area contributed by atoms with Crippen LogP contribution in [0.25, 0.3) is 0 Å². The van der Waals surface area contributed by atoms with Crippen LogP contribution in [0.3, 0.4) is 0 Å². The number of rotatable bonds is 4. The normalized spacial score (nSPS) is 18.9. The first-order chi connectivity index (χ1) is 11.0. The average Bonchev–Trinajstić information content (AvgIpc) is 2.68. The smallest absolute Gasteiger partial charge is 0.246 e. The molecule has 2 heterocycles. The van der Waals surface area contributed by atoms with E-state index < -0.39 is 25.3 Å². The lowest BCUT2D eigenvalue weighted by Crippen LogP contribution is -2.40. The van der Waals surface area contributed by atoms with Crippen molar-refractivity contribution >= 4 is 20.0 Å². The van der Waals surface area contributed by atoms with Crippen molar-refractivity contribution in [2.45, 2.75) is 44.3 Å². The maximum Gasteiger partial charge on any atom is 0.246 e. The van der Waals surface area contributed by atoms with E-state index in [4.69, 9.17) is 0 Å². The molecule has 0 aliphatic carbocycles. The average molecular weight is 379 g/mol. The molecule has 0 bridgehead atoms. The molecule has 0 saturated carbocycles. The fourth-order valence-corrected chi connectivity index (χ4v) is 6.10. The molecule has 0 amide bonds. The van der Waals surface area contributed by atoms with Gasteiger partial charge < -0.3 is 0 Å². The number of hydrogen-bond donors (Lipinski definition) is 0. The van der Waals surface area contributed by atoms with Crippen LogP contribution >= 0.6 is 0 Å². The summed E-state index contributed by atoms with van der Waals surface area (Å²) in [5, 5.41) is 3.67. The van der Waals surface area contributed by atoms with Crippen molar-refractivity contribution < 1.29 is 16.8 Å². The van der Waals surface area contributed by atoms with Gasteiger partial charge in [-0.2, -0.15) is 9.40 Å². The van der Waals surface area contributed by atoms with E-state index in [1.54, 1.807) is 39.4 Å². The van der Waals surface area contributed by atoms with Gasteiger partial charge in [0.2, 0.25) is 20.0 Å². The number of nitrogens with zero attached hydrogens (tertiary/aromatic N) is 4. The van der Waals surface area contributed by atoms with Gasteiger partial charge >= 0.3 is 0 Å². The molecule has 0 spiro atoms. The highest BCUT2D eigenvalue weighted by molar-refractivity contribution is 7.89. The molecule has 1 aromatic rings. The number of aromatic nitrogens is 2. The predicted octanol–water partition coefficient (Wildman–Crippen LogP) is 0.472. The van der Waals surface area contributed by atoms with Crippen LogP contribution in [0.2, 0.25) is 0 Å². The topological polar surface area (TPSA) is 92.6 Å². The standard InChI is InChI=1S/C14H26N4O4S2/c1-11(2)23(19,20)17-7-6-8-18(10-9-17)24(21,22)14-12(3)15-16(5)13(14)4/h11H,6-10H2,1-5H3. The van der Waals surface area contributed by atoms with Gasteiger partial charge in [0.05, 0.1) is 16.6 Å². The van der Waals surface area contributed by atoms with Gasteiger partial charge in [-0.05, 0) is 34.1 Å². The Morgan fingerprint density at radius 1 is 0.958 bits per heavy atom. The molecule has 0 atom stereocenters. The van der Waals surface area contributed by atoms with Crippen molar-refractivity contribution in [3.63, 3.8) is 0 Å². The summed E-state index contributed by atoms with van der Waals surface area (Å²) in [7, 11) is -5.35. The molecule has 10 heteroatoms. The molecule has 1 saturated heterocycles. The zero-order valence-corrected chi connectivity index (χ0v) is 16.5. The zero-order valence-electron chi connectivity index (χ0n) is 14.9. The lowest BCUT2D eigenvalue weighted by molar-refractivity contribution is 0.401. The van der Waals surface area contributed by atoms with Gasteiger partial charge in [-0.3, -0.25) is 4.68 Å². The predicted molar refractivity (Wildman–Crippen MR) is 91.7 cm³/mol. The number of sulfonamides is 2. The SMILES string of the molecule is Cc1nn(C)c(C)c1S(=O)(=O)N1CCCN(S(=O)(=O)C(C)C)CC1. The Bertz CT molecular complexity index is 812. The molecule has 0 N–H and O–H groups in total. The molecule has 138 valence electrons. The molecule has 2 rings (SSSR count). The van der Waals surface area contributed by atoms with E-state index in [-0.39, 0.29) is 18.0 Å². The molecular formula is C14H26N4O4S2. The zero-order chi connectivity index (χ0) is 18.3. The fourth-order valence-electron chi connectivity index (χ4n) is 2.92. The third kappa shape index (κ3) is 3.37. The van der Waals surface area contributed by atoms with E-state index >= 15 is 0 Å². The minimum absolute atomic E-state index is 0.155. The molecule has 0 aromatic carbocycles. The lowest BCUT2D eigenvalue weighted by atomic mass is 10.4. The Hall–Kier alpha value is -0.970. The van der Waals surface area contributed by atoms with Crippen molar-refractivity contribution in [1.29, 1.82) is 0 Å². The van der Waals surface area contributed by atoms with E-state index in [9.17, 15) is 16.8 Å². The summed E-state index contributed by atoms with van der Waals surface area (Å²) in [4.78, 5) is 0.227. The van der Waals surface area contributed by atoms with Gasteiger partial charge in [0, 0.05) is 33.2 Å². The Morgan fingerprint density at radius 2 is 1.50 bits per heavy atom. The number of aryl methyl sites for hydroxylation is 2. The second-order valence-electron chi connectivity index (χ2n) is 6.37. The Morgan fingerprint density at radius 3 is 2.00 bits per heavy atom. The van der Waals surface area contributed by atoms with E-state index in [1.165, 1.54) is 8.61 Å².